The number of nitrogens with one attached hydrogen (secondary N) is 5. The first-order chi connectivity index (χ1) is 24.7. The molecule has 0 radical (unpaired) electrons. The molecule has 1 atom stereocenters. The fraction of sp³-hybridized carbons (Fsp3) is 0.515. The molecule has 1 unspecified atom stereocenters. The molecule has 15 nitrogen and oxygen atoms in total. The fourth-order valence-electron chi connectivity index (χ4n) is 4.59. The Balaban J connectivity index is 1.49. The normalized spacial score (nSPS) is 16.5. The Labute approximate surface area is 310 Å². The topological polar surface area (TPSA) is 203 Å². The van der Waals surface area contributed by atoms with Gasteiger partial charge in [0.25, 0.3) is 11.8 Å². The van der Waals surface area contributed by atoms with E-state index >= 15 is 0 Å². The van der Waals surface area contributed by atoms with Gasteiger partial charge < -0.3 is 30.7 Å². The van der Waals surface area contributed by atoms with Crippen molar-refractivity contribution in [2.45, 2.75) is 95.3 Å². The zero-order chi connectivity index (χ0) is 39.2. The third-order valence-corrected chi connectivity index (χ3v) is 10.00. The number of amides is 3. The van der Waals surface area contributed by atoms with Gasteiger partial charge in [-0.15, -0.1) is 0 Å². The molecule has 0 saturated heterocycles. The minimum absolute atomic E-state index is 0.0398. The summed E-state index contributed by atoms with van der Waals surface area (Å²) < 4.78 is 75.7. The molecular formula is C33H42ClF3N8O7S. The maximum absolute atomic E-state index is 13.2. The predicted octanol–water partition coefficient (Wildman–Crippen LogP) is 5.21. The second kappa shape index (κ2) is 16.6. The highest BCUT2D eigenvalue weighted by atomic mass is 35.5. The Morgan fingerprint density at radius 3 is 2.25 bits per heavy atom. The van der Waals surface area contributed by atoms with Gasteiger partial charge in [-0.25, -0.2) is 13.2 Å². The smallest absolute Gasteiger partial charge is 0.422 e. The Morgan fingerprint density at radius 1 is 1.04 bits per heavy atom. The van der Waals surface area contributed by atoms with E-state index in [9.17, 15) is 36.0 Å². The molecule has 4 rings (SSSR count). The molecule has 0 bridgehead atoms. The quantitative estimate of drug-likeness (QED) is 0.139. The lowest BCUT2D eigenvalue weighted by Crippen LogP contribution is -2.54. The van der Waals surface area contributed by atoms with E-state index in [0.29, 0.717) is 42.8 Å². The summed E-state index contributed by atoms with van der Waals surface area (Å²) in [5, 5.41) is 10.8. The standard InChI is InChI=1S/C33H42ClF3N8O7S/c1-6-21(34)10-7-19(2)32(15-16-32)44-28-41-27(42-29(43-28)51-18-33(35,36)37)39-22-11-8-20(9-12-22)25(46)40-24(17-38-30(48)52-31(3,4)5)26(47)45-53(49,50)23-13-14-23/h7-12,23-24H,6,13-18H2,1-5H3,(H,38,48)(H,40,46)(H,45,47)(H2,39,41,42,43,44). The van der Waals surface area contributed by atoms with Crippen LogP contribution in [0.1, 0.15) is 77.1 Å². The van der Waals surface area contributed by atoms with E-state index in [-0.39, 0.29) is 17.5 Å². The molecule has 53 heavy (non-hydrogen) atoms. The van der Waals surface area contributed by atoms with Gasteiger partial charge in [0, 0.05) is 16.3 Å². The van der Waals surface area contributed by atoms with Gasteiger partial charge in [-0.3, -0.25) is 14.3 Å². The number of rotatable bonds is 16. The van der Waals surface area contributed by atoms with E-state index < -0.39 is 75.7 Å². The highest BCUT2D eigenvalue weighted by molar-refractivity contribution is 7.90. The molecule has 0 spiro atoms. The van der Waals surface area contributed by atoms with Crippen LogP contribution in [0.2, 0.25) is 0 Å². The lowest BCUT2D eigenvalue weighted by Gasteiger charge is -2.22. The zero-order valence-corrected chi connectivity index (χ0v) is 31.3. The summed E-state index contributed by atoms with van der Waals surface area (Å²) in [4.78, 5) is 50.7. The highest BCUT2D eigenvalue weighted by Gasteiger charge is 2.45. The summed E-state index contributed by atoms with van der Waals surface area (Å²) >= 11 is 6.13. The molecule has 290 valence electrons. The fourth-order valence-corrected chi connectivity index (χ4v) is 6.00. The Bertz CT molecular complexity index is 1840. The number of anilines is 3. The molecular weight excluding hydrogens is 745 g/mol. The van der Waals surface area contributed by atoms with Crippen molar-refractivity contribution >= 4 is 57.1 Å². The van der Waals surface area contributed by atoms with Crippen LogP contribution in [0.3, 0.4) is 0 Å². The number of aromatic nitrogens is 3. The van der Waals surface area contributed by atoms with Crippen LogP contribution in [-0.4, -0.2) is 83.0 Å². The Morgan fingerprint density at radius 2 is 1.68 bits per heavy atom. The minimum atomic E-state index is -4.65. The number of hydrogen-bond donors (Lipinski definition) is 5. The highest BCUT2D eigenvalue weighted by Crippen LogP contribution is 2.44. The van der Waals surface area contributed by atoms with E-state index in [1.165, 1.54) is 24.3 Å². The number of halogens is 4. The predicted molar refractivity (Wildman–Crippen MR) is 190 cm³/mol. The number of nitrogens with zero attached hydrogens (tertiary/aromatic N) is 3. The van der Waals surface area contributed by atoms with Crippen LogP contribution in [0.15, 0.2) is 47.0 Å². The van der Waals surface area contributed by atoms with Crippen molar-refractivity contribution in [1.29, 1.82) is 0 Å². The molecule has 2 aliphatic carbocycles. The monoisotopic (exact) mass is 786 g/mol. The number of alkyl halides is 3. The van der Waals surface area contributed by atoms with Crippen molar-refractivity contribution in [3.63, 3.8) is 0 Å². The first-order valence-electron chi connectivity index (χ1n) is 16.6. The zero-order valence-electron chi connectivity index (χ0n) is 29.7. The van der Waals surface area contributed by atoms with E-state index in [0.717, 1.165) is 5.57 Å². The molecule has 2 saturated carbocycles. The Hall–Kier alpha value is -4.65. The van der Waals surface area contributed by atoms with Crippen molar-refractivity contribution in [1.82, 2.24) is 30.3 Å². The van der Waals surface area contributed by atoms with E-state index in [4.69, 9.17) is 21.1 Å². The van der Waals surface area contributed by atoms with Crippen LogP contribution in [0.5, 0.6) is 6.01 Å². The molecule has 1 aromatic heterocycles. The molecule has 1 heterocycles. The molecule has 2 aliphatic rings. The van der Waals surface area contributed by atoms with Crippen molar-refractivity contribution in [3.8, 4) is 6.01 Å². The number of ether oxygens (including phenoxy) is 2. The van der Waals surface area contributed by atoms with Gasteiger partial charge in [0.1, 0.15) is 11.6 Å². The number of sulfonamides is 1. The van der Waals surface area contributed by atoms with Crippen LogP contribution in [0, 0.1) is 0 Å². The molecule has 1 aromatic carbocycles. The third-order valence-electron chi connectivity index (χ3n) is 7.77. The van der Waals surface area contributed by atoms with Crippen molar-refractivity contribution in [2.24, 2.45) is 0 Å². The first kappa shape index (κ1) is 41.1. The maximum atomic E-state index is 13.2. The largest absolute Gasteiger partial charge is 0.454 e. The van der Waals surface area contributed by atoms with Gasteiger partial charge in [-0.1, -0.05) is 24.6 Å². The summed E-state index contributed by atoms with van der Waals surface area (Å²) in [5.41, 5.74) is -0.137. The molecule has 0 aliphatic heterocycles. The summed E-state index contributed by atoms with van der Waals surface area (Å²) in [6.45, 7) is 6.56. The van der Waals surface area contributed by atoms with Gasteiger partial charge in [0.15, 0.2) is 6.61 Å². The van der Waals surface area contributed by atoms with Crippen LogP contribution >= 0.6 is 11.6 Å². The number of alkyl carbamates (subject to hydrolysis) is 1. The van der Waals surface area contributed by atoms with Gasteiger partial charge in [0.2, 0.25) is 21.9 Å². The Kier molecular flexibility index (Phi) is 12.9. The summed E-state index contributed by atoms with van der Waals surface area (Å²) in [6, 6.07) is 3.51. The van der Waals surface area contributed by atoms with Crippen LogP contribution in [0.25, 0.3) is 0 Å². The van der Waals surface area contributed by atoms with Crippen LogP contribution < -0.4 is 30.7 Å². The molecule has 5 N–H and O–H groups in total. The lowest BCUT2D eigenvalue weighted by atomic mass is 10.1. The van der Waals surface area contributed by atoms with Crippen molar-refractivity contribution in [2.75, 3.05) is 23.8 Å². The van der Waals surface area contributed by atoms with Gasteiger partial charge in [-0.05, 0) is 95.7 Å². The minimum Gasteiger partial charge on any atom is -0.454 e. The van der Waals surface area contributed by atoms with Gasteiger partial charge >= 0.3 is 18.3 Å². The summed E-state index contributed by atoms with van der Waals surface area (Å²) in [6.07, 6.45) is 0.945. The van der Waals surface area contributed by atoms with Gasteiger partial charge in [-0.2, -0.15) is 28.1 Å². The summed E-state index contributed by atoms with van der Waals surface area (Å²) in [7, 11) is -3.97. The van der Waals surface area contributed by atoms with E-state index in [1.807, 2.05) is 24.6 Å². The van der Waals surface area contributed by atoms with Gasteiger partial charge in [0.05, 0.1) is 17.3 Å². The van der Waals surface area contributed by atoms with Crippen molar-refractivity contribution in [3.05, 3.63) is 52.6 Å². The summed E-state index contributed by atoms with van der Waals surface area (Å²) in [5.74, 6) is -2.04. The van der Waals surface area contributed by atoms with E-state index in [2.05, 4.69) is 36.2 Å². The number of hydrogen-bond acceptors (Lipinski definition) is 12. The molecule has 20 heteroatoms. The third kappa shape index (κ3) is 13.1. The second-order valence-electron chi connectivity index (χ2n) is 13.5. The number of carbonyl (C=O) groups is 3. The molecule has 2 aromatic rings. The van der Waals surface area contributed by atoms with Crippen LogP contribution in [0.4, 0.5) is 35.5 Å². The maximum Gasteiger partial charge on any atom is 0.422 e. The second-order valence-corrected chi connectivity index (χ2v) is 16.0. The molecule has 2 fully saturated rings. The van der Waals surface area contributed by atoms with Crippen molar-refractivity contribution < 1.29 is 45.4 Å². The number of carbonyl (C=O) groups excluding carboxylic acids is 3. The first-order valence-corrected chi connectivity index (χ1v) is 18.6. The average Bonchev–Trinajstić information content (AvgIpc) is 3.99. The van der Waals surface area contributed by atoms with E-state index in [1.54, 1.807) is 26.8 Å². The lowest BCUT2D eigenvalue weighted by molar-refractivity contribution is -0.154. The molecule has 3 amide bonds. The SMILES string of the molecule is CCC(Cl)=CC=C(C)C1(Nc2nc(Nc3ccc(C(=O)NC(CNC(=O)OC(C)(C)C)C(=O)NS(=O)(=O)C4CC4)cc3)nc(OCC(F)(F)F)n2)CC1. The van der Waals surface area contributed by atoms with Crippen LogP contribution in [-0.2, 0) is 19.6 Å². The average molecular weight is 787 g/mol. The number of allylic oxidation sites excluding steroid dienone is 3. The number of benzene rings is 1.